The van der Waals surface area contributed by atoms with Gasteiger partial charge in [-0.15, -0.1) is 11.8 Å². The molecule has 3 fully saturated rings. The van der Waals surface area contributed by atoms with Crippen LogP contribution in [0.5, 0.6) is 0 Å². The Morgan fingerprint density at radius 1 is 1.17 bits per heavy atom. The molecular formula is C22H28N4O2S. The van der Waals surface area contributed by atoms with E-state index in [1.165, 1.54) is 5.56 Å². The van der Waals surface area contributed by atoms with Crippen LogP contribution >= 0.6 is 11.8 Å². The Bertz CT molecular complexity index is 828. The Kier molecular flexibility index (Phi) is 5.61. The van der Waals surface area contributed by atoms with Gasteiger partial charge in [-0.05, 0) is 38.3 Å². The summed E-state index contributed by atoms with van der Waals surface area (Å²) in [5, 5.41) is 7.58. The standard InChI is InChI=1S/C22H28N4O2S/c27-22(26-10-11-29-15-26)20-12-18(13-23-20)25-8-6-16(7-9-25)19-14-24-28-21(19)17-4-2-1-3-5-17/h1-5,14,16,18,20,23H,6-13,15H2/t18-,20-/m0/s1. The highest BCUT2D eigenvalue weighted by molar-refractivity contribution is 7.99. The second-order valence-electron chi connectivity index (χ2n) is 8.28. The van der Waals surface area contributed by atoms with E-state index in [2.05, 4.69) is 27.5 Å². The zero-order valence-corrected chi connectivity index (χ0v) is 17.4. The van der Waals surface area contributed by atoms with E-state index in [-0.39, 0.29) is 6.04 Å². The third-order valence-electron chi connectivity index (χ3n) is 6.59. The van der Waals surface area contributed by atoms with Crippen molar-refractivity contribution in [3.05, 3.63) is 42.1 Å². The third kappa shape index (κ3) is 3.96. The maximum atomic E-state index is 12.7. The van der Waals surface area contributed by atoms with Crippen molar-refractivity contribution in [2.75, 3.05) is 37.8 Å². The van der Waals surface area contributed by atoms with Crippen molar-refractivity contribution in [3.63, 3.8) is 0 Å². The van der Waals surface area contributed by atoms with E-state index in [0.29, 0.717) is 17.9 Å². The normalized spacial score (nSPS) is 26.3. The Balaban J connectivity index is 1.18. The van der Waals surface area contributed by atoms with Crippen molar-refractivity contribution in [1.29, 1.82) is 0 Å². The zero-order chi connectivity index (χ0) is 19.6. The van der Waals surface area contributed by atoms with E-state index in [0.717, 1.165) is 68.4 Å². The van der Waals surface area contributed by atoms with Crippen LogP contribution in [0.3, 0.4) is 0 Å². The van der Waals surface area contributed by atoms with E-state index in [1.807, 2.05) is 41.1 Å². The molecule has 0 saturated carbocycles. The average Bonchev–Trinajstić information content (AvgIpc) is 3.56. The molecule has 0 spiro atoms. The molecule has 0 radical (unpaired) electrons. The second-order valence-corrected chi connectivity index (χ2v) is 9.35. The molecule has 1 aromatic carbocycles. The monoisotopic (exact) mass is 412 g/mol. The Labute approximate surface area is 176 Å². The number of likely N-dealkylation sites (tertiary alicyclic amines) is 1. The van der Waals surface area contributed by atoms with Crippen LogP contribution in [0, 0.1) is 0 Å². The van der Waals surface area contributed by atoms with Gasteiger partial charge in [-0.3, -0.25) is 9.69 Å². The summed E-state index contributed by atoms with van der Waals surface area (Å²) in [6.45, 7) is 3.96. The van der Waals surface area contributed by atoms with Gasteiger partial charge in [0.1, 0.15) is 0 Å². The summed E-state index contributed by atoms with van der Waals surface area (Å²) in [7, 11) is 0. The number of thioether (sulfide) groups is 1. The molecule has 3 aliphatic heterocycles. The first-order valence-electron chi connectivity index (χ1n) is 10.6. The molecule has 154 valence electrons. The molecule has 2 atom stereocenters. The lowest BCUT2D eigenvalue weighted by atomic mass is 9.88. The molecule has 6 nitrogen and oxygen atoms in total. The van der Waals surface area contributed by atoms with Crippen LogP contribution in [-0.2, 0) is 4.79 Å². The fourth-order valence-electron chi connectivity index (χ4n) is 4.91. The Hall–Kier alpha value is -1.83. The Morgan fingerprint density at radius 3 is 2.76 bits per heavy atom. The van der Waals surface area contributed by atoms with Gasteiger partial charge in [-0.25, -0.2) is 0 Å². The number of aromatic nitrogens is 1. The van der Waals surface area contributed by atoms with Crippen LogP contribution < -0.4 is 5.32 Å². The number of carbonyl (C=O) groups excluding carboxylic acids is 1. The highest BCUT2D eigenvalue weighted by Gasteiger charge is 2.37. The smallest absolute Gasteiger partial charge is 0.240 e. The summed E-state index contributed by atoms with van der Waals surface area (Å²) >= 11 is 1.85. The summed E-state index contributed by atoms with van der Waals surface area (Å²) in [5.41, 5.74) is 2.34. The minimum Gasteiger partial charge on any atom is -0.356 e. The van der Waals surface area contributed by atoms with Crippen LogP contribution in [0.25, 0.3) is 11.3 Å². The van der Waals surface area contributed by atoms with E-state index in [9.17, 15) is 4.79 Å². The van der Waals surface area contributed by atoms with Crippen molar-refractivity contribution in [2.24, 2.45) is 0 Å². The minimum atomic E-state index is -0.000759. The SMILES string of the molecule is O=C([C@@H]1C[C@H](N2CCC(c3cnoc3-c3ccccc3)CC2)CN1)N1CCSC1. The van der Waals surface area contributed by atoms with Gasteiger partial charge in [0.25, 0.3) is 0 Å². The molecule has 29 heavy (non-hydrogen) atoms. The molecule has 1 aromatic heterocycles. The van der Waals surface area contributed by atoms with Crippen molar-refractivity contribution in [3.8, 4) is 11.3 Å². The van der Waals surface area contributed by atoms with Crippen molar-refractivity contribution in [1.82, 2.24) is 20.3 Å². The second kappa shape index (κ2) is 8.50. The van der Waals surface area contributed by atoms with Gasteiger partial charge in [0, 0.05) is 36.0 Å². The van der Waals surface area contributed by atoms with Crippen LogP contribution in [0.1, 0.15) is 30.7 Å². The van der Waals surface area contributed by atoms with Gasteiger partial charge >= 0.3 is 0 Å². The summed E-state index contributed by atoms with van der Waals surface area (Å²) in [6.07, 6.45) is 5.06. The molecule has 4 heterocycles. The predicted octanol–water partition coefficient (Wildman–Crippen LogP) is 2.78. The number of nitrogens with zero attached hydrogens (tertiary/aromatic N) is 3. The van der Waals surface area contributed by atoms with Gasteiger partial charge in [0.15, 0.2) is 5.76 Å². The summed E-state index contributed by atoms with van der Waals surface area (Å²) in [4.78, 5) is 17.3. The maximum absolute atomic E-state index is 12.7. The van der Waals surface area contributed by atoms with E-state index >= 15 is 0 Å². The van der Waals surface area contributed by atoms with E-state index < -0.39 is 0 Å². The fourth-order valence-corrected chi connectivity index (χ4v) is 5.87. The number of hydrogen-bond donors (Lipinski definition) is 1. The summed E-state index contributed by atoms with van der Waals surface area (Å²) in [6, 6.07) is 10.7. The lowest BCUT2D eigenvalue weighted by Crippen LogP contribution is -2.42. The number of amides is 1. The van der Waals surface area contributed by atoms with Gasteiger partial charge < -0.3 is 14.7 Å². The number of hydrogen-bond acceptors (Lipinski definition) is 6. The molecule has 0 bridgehead atoms. The first-order valence-corrected chi connectivity index (χ1v) is 11.8. The number of nitrogens with one attached hydrogen (secondary N) is 1. The van der Waals surface area contributed by atoms with Gasteiger partial charge in [-0.2, -0.15) is 0 Å². The largest absolute Gasteiger partial charge is 0.356 e. The highest BCUT2D eigenvalue weighted by atomic mass is 32.2. The zero-order valence-electron chi connectivity index (χ0n) is 16.6. The number of rotatable bonds is 4. The first-order chi connectivity index (χ1) is 14.3. The maximum Gasteiger partial charge on any atom is 0.240 e. The number of piperidine rings is 1. The minimum absolute atomic E-state index is 0.000759. The third-order valence-corrected chi connectivity index (χ3v) is 7.56. The number of carbonyl (C=O) groups is 1. The summed E-state index contributed by atoms with van der Waals surface area (Å²) < 4.78 is 5.60. The van der Waals surface area contributed by atoms with Crippen molar-refractivity contribution < 1.29 is 9.32 Å². The van der Waals surface area contributed by atoms with Gasteiger partial charge in [0.05, 0.1) is 18.1 Å². The van der Waals surface area contributed by atoms with E-state index in [4.69, 9.17) is 4.52 Å². The molecule has 3 aliphatic rings. The molecule has 5 rings (SSSR count). The molecule has 3 saturated heterocycles. The molecule has 1 amide bonds. The fraction of sp³-hybridized carbons (Fsp3) is 0.545. The average molecular weight is 413 g/mol. The number of benzene rings is 1. The van der Waals surface area contributed by atoms with Crippen LogP contribution in [0.2, 0.25) is 0 Å². The van der Waals surface area contributed by atoms with E-state index in [1.54, 1.807) is 0 Å². The predicted molar refractivity (Wildman–Crippen MR) is 115 cm³/mol. The van der Waals surface area contributed by atoms with Crippen LogP contribution in [0.15, 0.2) is 41.1 Å². The topological polar surface area (TPSA) is 61.6 Å². The lowest BCUT2D eigenvalue weighted by Gasteiger charge is -2.35. The quantitative estimate of drug-likeness (QED) is 0.833. The molecule has 1 N–H and O–H groups in total. The molecule has 7 heteroatoms. The Morgan fingerprint density at radius 2 is 2.00 bits per heavy atom. The first kappa shape index (κ1) is 19.2. The lowest BCUT2D eigenvalue weighted by molar-refractivity contribution is -0.131. The van der Waals surface area contributed by atoms with Crippen molar-refractivity contribution in [2.45, 2.75) is 37.3 Å². The van der Waals surface area contributed by atoms with Crippen LogP contribution in [-0.4, -0.2) is 70.8 Å². The van der Waals surface area contributed by atoms with Gasteiger partial charge in [-0.1, -0.05) is 35.5 Å². The van der Waals surface area contributed by atoms with Gasteiger partial charge in [0.2, 0.25) is 5.91 Å². The molecular weight excluding hydrogens is 384 g/mol. The summed E-state index contributed by atoms with van der Waals surface area (Å²) in [5.74, 6) is 3.63. The molecule has 0 aliphatic carbocycles. The van der Waals surface area contributed by atoms with Crippen molar-refractivity contribution >= 4 is 17.7 Å². The molecule has 0 unspecified atom stereocenters. The van der Waals surface area contributed by atoms with Crippen LogP contribution in [0.4, 0.5) is 0 Å². The highest BCUT2D eigenvalue weighted by Crippen LogP contribution is 2.36. The molecule has 2 aromatic rings.